The summed E-state index contributed by atoms with van der Waals surface area (Å²) in [5.41, 5.74) is 0.370. The Balaban J connectivity index is 1.88. The zero-order valence-electron chi connectivity index (χ0n) is 11.8. The van der Waals surface area contributed by atoms with E-state index in [4.69, 9.17) is 0 Å². The second-order valence-electron chi connectivity index (χ2n) is 6.16. The van der Waals surface area contributed by atoms with E-state index in [2.05, 4.69) is 17.5 Å². The van der Waals surface area contributed by atoms with Crippen LogP contribution in [0.4, 0.5) is 0 Å². The van der Waals surface area contributed by atoms with Gasteiger partial charge in [0, 0.05) is 32.7 Å². The minimum atomic E-state index is -3.01. The summed E-state index contributed by atoms with van der Waals surface area (Å²) < 4.78 is 24.6. The van der Waals surface area contributed by atoms with Crippen LogP contribution in [0.2, 0.25) is 0 Å². The molecule has 0 atom stereocenters. The summed E-state index contributed by atoms with van der Waals surface area (Å²) in [6.45, 7) is 4.10. The molecule has 6 heteroatoms. The van der Waals surface area contributed by atoms with Gasteiger partial charge in [-0.05, 0) is 24.0 Å². The molecule has 1 aliphatic heterocycles. The Morgan fingerprint density at radius 1 is 1.05 bits per heavy atom. The molecule has 0 aromatic heterocycles. The Hall–Kier alpha value is 0.220. The Morgan fingerprint density at radius 3 is 2.11 bits per heavy atom. The Bertz CT molecular complexity index is 383. The van der Waals surface area contributed by atoms with E-state index in [1.165, 1.54) is 38.4 Å². The van der Waals surface area contributed by atoms with Crippen LogP contribution in [0.5, 0.6) is 0 Å². The van der Waals surface area contributed by atoms with Crippen molar-refractivity contribution >= 4 is 22.7 Å². The molecule has 2 fully saturated rings. The van der Waals surface area contributed by atoms with Crippen LogP contribution in [0.15, 0.2) is 0 Å². The lowest BCUT2D eigenvalue weighted by Gasteiger charge is -2.42. The molecule has 19 heavy (non-hydrogen) atoms. The maximum absolute atomic E-state index is 11.5. The predicted molar refractivity (Wildman–Crippen MR) is 82.2 cm³/mol. The second-order valence-corrected chi connectivity index (χ2v) is 8.46. The molecule has 1 aliphatic carbocycles. The SMILES string of the molecule is CS(=O)(=O)N1CCN(CC2(CS)CCCCC2)CC1. The van der Waals surface area contributed by atoms with E-state index in [-0.39, 0.29) is 0 Å². The molecule has 0 N–H and O–H groups in total. The minimum Gasteiger partial charge on any atom is -0.300 e. The fraction of sp³-hybridized carbons (Fsp3) is 1.00. The molecule has 0 unspecified atom stereocenters. The third-order valence-corrected chi connectivity index (χ3v) is 6.58. The van der Waals surface area contributed by atoms with Crippen molar-refractivity contribution < 1.29 is 8.42 Å². The van der Waals surface area contributed by atoms with Gasteiger partial charge in [-0.15, -0.1) is 0 Å². The van der Waals surface area contributed by atoms with E-state index in [0.29, 0.717) is 18.5 Å². The molecule has 0 aromatic carbocycles. The van der Waals surface area contributed by atoms with Crippen LogP contribution >= 0.6 is 12.6 Å². The first-order valence-electron chi connectivity index (χ1n) is 7.24. The molecular formula is C13H26N2O2S2. The van der Waals surface area contributed by atoms with Crippen molar-refractivity contribution in [3.05, 3.63) is 0 Å². The summed E-state index contributed by atoms with van der Waals surface area (Å²) in [5, 5.41) is 0. The fourth-order valence-corrected chi connectivity index (χ4v) is 4.60. The highest BCUT2D eigenvalue weighted by Crippen LogP contribution is 2.38. The fourth-order valence-electron chi connectivity index (χ4n) is 3.36. The topological polar surface area (TPSA) is 40.6 Å². The zero-order chi connectivity index (χ0) is 13.9. The normalized spacial score (nSPS) is 26.4. The molecule has 2 aliphatic rings. The van der Waals surface area contributed by atoms with Gasteiger partial charge < -0.3 is 4.90 Å². The molecule has 2 rings (SSSR count). The standard InChI is InChI=1S/C13H26N2O2S2/c1-19(16,17)15-9-7-14(8-10-15)11-13(12-18)5-3-2-4-6-13/h18H,2-12H2,1H3. The van der Waals surface area contributed by atoms with E-state index >= 15 is 0 Å². The van der Waals surface area contributed by atoms with Gasteiger partial charge in [-0.2, -0.15) is 16.9 Å². The van der Waals surface area contributed by atoms with E-state index in [1.807, 2.05) is 0 Å². The van der Waals surface area contributed by atoms with Gasteiger partial charge in [0.2, 0.25) is 10.0 Å². The van der Waals surface area contributed by atoms with Crippen LogP contribution in [0, 0.1) is 5.41 Å². The third kappa shape index (κ3) is 4.09. The van der Waals surface area contributed by atoms with Crippen molar-refractivity contribution in [2.45, 2.75) is 32.1 Å². The lowest BCUT2D eigenvalue weighted by Crippen LogP contribution is -2.51. The van der Waals surface area contributed by atoms with Crippen molar-refractivity contribution in [2.75, 3.05) is 44.7 Å². The third-order valence-electron chi connectivity index (χ3n) is 4.61. The van der Waals surface area contributed by atoms with E-state index < -0.39 is 10.0 Å². The number of nitrogens with zero attached hydrogens (tertiary/aromatic N) is 2. The van der Waals surface area contributed by atoms with Gasteiger partial charge in [0.15, 0.2) is 0 Å². The lowest BCUT2D eigenvalue weighted by atomic mass is 9.75. The summed E-state index contributed by atoms with van der Waals surface area (Å²) in [7, 11) is -3.01. The average molecular weight is 306 g/mol. The zero-order valence-corrected chi connectivity index (χ0v) is 13.6. The average Bonchev–Trinajstić information content (AvgIpc) is 2.39. The first kappa shape index (κ1) is 15.6. The highest BCUT2D eigenvalue weighted by Gasteiger charge is 2.34. The van der Waals surface area contributed by atoms with Gasteiger partial charge in [-0.25, -0.2) is 8.42 Å². The largest absolute Gasteiger partial charge is 0.300 e. The quantitative estimate of drug-likeness (QED) is 0.799. The molecular weight excluding hydrogens is 280 g/mol. The number of rotatable bonds is 4. The molecule has 4 nitrogen and oxygen atoms in total. The molecule has 0 bridgehead atoms. The Kier molecular flexibility index (Phi) is 5.20. The molecule has 0 aromatic rings. The van der Waals surface area contributed by atoms with E-state index in [9.17, 15) is 8.42 Å². The number of hydrogen-bond acceptors (Lipinski definition) is 4. The van der Waals surface area contributed by atoms with E-state index in [1.54, 1.807) is 4.31 Å². The summed E-state index contributed by atoms with van der Waals surface area (Å²) in [4.78, 5) is 2.43. The van der Waals surface area contributed by atoms with E-state index in [0.717, 1.165) is 25.4 Å². The van der Waals surface area contributed by atoms with Gasteiger partial charge in [0.1, 0.15) is 0 Å². The first-order valence-corrected chi connectivity index (χ1v) is 9.72. The number of hydrogen-bond donors (Lipinski definition) is 1. The summed E-state index contributed by atoms with van der Waals surface area (Å²) >= 11 is 4.58. The smallest absolute Gasteiger partial charge is 0.211 e. The number of piperazine rings is 1. The molecule has 1 heterocycles. The van der Waals surface area contributed by atoms with Crippen molar-refractivity contribution in [2.24, 2.45) is 5.41 Å². The van der Waals surface area contributed by atoms with Crippen molar-refractivity contribution in [1.82, 2.24) is 9.21 Å². The highest BCUT2D eigenvalue weighted by atomic mass is 32.2. The molecule has 1 saturated heterocycles. The van der Waals surface area contributed by atoms with Crippen LogP contribution in [0.3, 0.4) is 0 Å². The summed E-state index contributed by atoms with van der Waals surface area (Å²) in [5.74, 6) is 0.958. The van der Waals surface area contributed by atoms with Crippen molar-refractivity contribution in [3.63, 3.8) is 0 Å². The Labute approximate surface area is 123 Å². The molecule has 0 amide bonds. The molecule has 0 radical (unpaired) electrons. The van der Waals surface area contributed by atoms with Gasteiger partial charge in [-0.3, -0.25) is 0 Å². The monoisotopic (exact) mass is 306 g/mol. The van der Waals surface area contributed by atoms with Crippen LogP contribution in [0.25, 0.3) is 0 Å². The Morgan fingerprint density at radius 2 is 1.63 bits per heavy atom. The van der Waals surface area contributed by atoms with Gasteiger partial charge in [-0.1, -0.05) is 19.3 Å². The number of sulfonamides is 1. The van der Waals surface area contributed by atoms with Gasteiger partial charge in [0.25, 0.3) is 0 Å². The van der Waals surface area contributed by atoms with Gasteiger partial charge >= 0.3 is 0 Å². The summed E-state index contributed by atoms with van der Waals surface area (Å²) in [6, 6.07) is 0. The molecule has 1 saturated carbocycles. The molecule has 112 valence electrons. The maximum atomic E-state index is 11.5. The van der Waals surface area contributed by atoms with Gasteiger partial charge in [0.05, 0.1) is 6.26 Å². The second kappa shape index (κ2) is 6.33. The maximum Gasteiger partial charge on any atom is 0.211 e. The minimum absolute atomic E-state index is 0.370. The summed E-state index contributed by atoms with van der Waals surface area (Å²) in [6.07, 6.45) is 7.87. The number of thiol groups is 1. The van der Waals surface area contributed by atoms with Crippen molar-refractivity contribution in [3.8, 4) is 0 Å². The predicted octanol–water partition coefficient (Wildman–Crippen LogP) is 1.44. The molecule has 0 spiro atoms. The first-order chi connectivity index (χ1) is 8.95. The van der Waals surface area contributed by atoms with Crippen LogP contribution in [-0.4, -0.2) is 62.4 Å². The highest BCUT2D eigenvalue weighted by molar-refractivity contribution is 7.88. The van der Waals surface area contributed by atoms with Crippen LogP contribution in [-0.2, 0) is 10.0 Å². The van der Waals surface area contributed by atoms with Crippen molar-refractivity contribution in [1.29, 1.82) is 0 Å². The van der Waals surface area contributed by atoms with Crippen LogP contribution in [0.1, 0.15) is 32.1 Å². The lowest BCUT2D eigenvalue weighted by molar-refractivity contribution is 0.0986. The van der Waals surface area contributed by atoms with Crippen LogP contribution < -0.4 is 0 Å².